The molecule has 3 aromatic carbocycles. The zero-order chi connectivity index (χ0) is 28.4. The van der Waals surface area contributed by atoms with Gasteiger partial charge in [0.25, 0.3) is 5.91 Å². The molecule has 9 nitrogen and oxygen atoms in total. The van der Waals surface area contributed by atoms with Crippen molar-refractivity contribution in [1.82, 2.24) is 15.5 Å². The molecule has 0 aliphatic heterocycles. The first-order chi connectivity index (χ1) is 18.3. The minimum Gasteiger partial charge on any atom is -0.346 e. The van der Waals surface area contributed by atoms with Gasteiger partial charge in [-0.2, -0.15) is 4.98 Å². The van der Waals surface area contributed by atoms with Gasteiger partial charge in [-0.3, -0.25) is 9.10 Å². The van der Waals surface area contributed by atoms with Gasteiger partial charge >= 0.3 is 0 Å². The number of aromatic nitrogens is 2. The van der Waals surface area contributed by atoms with Crippen molar-refractivity contribution < 1.29 is 22.1 Å². The molecule has 2 atom stereocenters. The van der Waals surface area contributed by atoms with Gasteiger partial charge in [0.2, 0.25) is 21.7 Å². The van der Waals surface area contributed by atoms with Crippen molar-refractivity contribution in [3.63, 3.8) is 0 Å². The van der Waals surface area contributed by atoms with E-state index in [2.05, 4.69) is 15.5 Å². The molecule has 0 saturated heterocycles. The van der Waals surface area contributed by atoms with E-state index in [0.717, 1.165) is 16.1 Å². The number of rotatable bonds is 9. The van der Waals surface area contributed by atoms with Crippen molar-refractivity contribution in [2.75, 3.05) is 17.6 Å². The molecule has 3 N–H and O–H groups in total. The molecular weight excluding hydrogens is 521 g/mol. The average molecular weight is 552 g/mol. The predicted octanol–water partition coefficient (Wildman–Crippen LogP) is 4.18. The first-order valence-electron chi connectivity index (χ1n) is 12.2. The second-order valence-corrected chi connectivity index (χ2v) is 11.8. The van der Waals surface area contributed by atoms with Crippen molar-refractivity contribution in [2.24, 2.45) is 5.73 Å². The van der Waals surface area contributed by atoms with Crippen LogP contribution < -0.4 is 15.4 Å². The van der Waals surface area contributed by atoms with Crippen molar-refractivity contribution >= 4 is 21.6 Å². The first-order valence-corrected chi connectivity index (χ1v) is 14.0. The monoisotopic (exact) mass is 551 g/mol. The topological polar surface area (TPSA) is 131 Å². The molecular formula is C28H30FN5O4S. The zero-order valence-corrected chi connectivity index (χ0v) is 22.9. The molecule has 204 valence electrons. The summed E-state index contributed by atoms with van der Waals surface area (Å²) in [6.45, 7) is 3.54. The third-order valence-electron chi connectivity index (χ3n) is 6.35. The number of hydrogen-bond acceptors (Lipinski definition) is 7. The lowest BCUT2D eigenvalue weighted by Crippen LogP contribution is -2.35. The van der Waals surface area contributed by atoms with E-state index in [0.29, 0.717) is 17.5 Å². The van der Waals surface area contributed by atoms with Crippen molar-refractivity contribution in [2.45, 2.75) is 31.8 Å². The molecule has 0 bridgehead atoms. The zero-order valence-electron chi connectivity index (χ0n) is 22.1. The molecule has 1 heterocycles. The number of nitrogens with zero attached hydrogens (tertiary/aromatic N) is 3. The second kappa shape index (κ2) is 11.0. The Labute approximate surface area is 226 Å². The van der Waals surface area contributed by atoms with Gasteiger partial charge in [-0.25, -0.2) is 12.8 Å². The fourth-order valence-electron chi connectivity index (χ4n) is 4.03. The lowest BCUT2D eigenvalue weighted by Gasteiger charge is -2.20. The second-order valence-electron chi connectivity index (χ2n) is 9.75. The highest BCUT2D eigenvalue weighted by atomic mass is 32.2. The SMILES string of the molecule is C[C@@H](NC(=O)c1cc(-c2noc([C@@](C)(N)Cc3ccccc3)n2)cc(N(C)S(C)(=O)=O)c1)c1ccc(F)cc1. The fourth-order valence-corrected chi connectivity index (χ4v) is 4.52. The number of nitrogens with one attached hydrogen (secondary N) is 1. The van der Waals surface area contributed by atoms with Gasteiger partial charge in [0.15, 0.2) is 0 Å². The number of sulfonamides is 1. The summed E-state index contributed by atoms with van der Waals surface area (Å²) in [5.74, 6) is -0.498. The van der Waals surface area contributed by atoms with E-state index in [-0.39, 0.29) is 28.8 Å². The lowest BCUT2D eigenvalue weighted by atomic mass is 9.94. The maximum atomic E-state index is 13.3. The van der Waals surface area contributed by atoms with E-state index < -0.39 is 27.5 Å². The highest BCUT2D eigenvalue weighted by molar-refractivity contribution is 7.92. The Balaban J connectivity index is 1.67. The summed E-state index contributed by atoms with van der Waals surface area (Å²) in [6, 6.07) is 19.6. The van der Waals surface area contributed by atoms with E-state index in [9.17, 15) is 17.6 Å². The van der Waals surface area contributed by atoms with Crippen molar-refractivity contribution in [3.8, 4) is 11.4 Å². The van der Waals surface area contributed by atoms with E-state index in [1.165, 1.54) is 25.2 Å². The third-order valence-corrected chi connectivity index (χ3v) is 7.55. The molecule has 0 aliphatic carbocycles. The van der Waals surface area contributed by atoms with Crippen molar-refractivity contribution in [3.05, 3.63) is 101 Å². The minimum atomic E-state index is -3.64. The van der Waals surface area contributed by atoms with Crippen LogP contribution in [0.2, 0.25) is 0 Å². The molecule has 1 aromatic heterocycles. The average Bonchev–Trinajstić information content (AvgIpc) is 3.40. The summed E-state index contributed by atoms with van der Waals surface area (Å²) in [6.07, 6.45) is 1.51. The van der Waals surface area contributed by atoms with Crippen LogP contribution in [-0.2, 0) is 22.0 Å². The van der Waals surface area contributed by atoms with Crippen LogP contribution in [0.15, 0.2) is 77.3 Å². The summed E-state index contributed by atoms with van der Waals surface area (Å²) >= 11 is 0. The third kappa shape index (κ3) is 6.68. The van der Waals surface area contributed by atoms with Gasteiger partial charge in [0.05, 0.1) is 23.5 Å². The number of nitrogens with two attached hydrogens (primary N) is 1. The molecule has 0 radical (unpaired) electrons. The minimum absolute atomic E-state index is 0.152. The summed E-state index contributed by atoms with van der Waals surface area (Å²) in [4.78, 5) is 17.7. The van der Waals surface area contributed by atoms with Crippen LogP contribution in [0.1, 0.15) is 47.3 Å². The maximum Gasteiger partial charge on any atom is 0.251 e. The van der Waals surface area contributed by atoms with E-state index in [1.807, 2.05) is 30.3 Å². The quantitative estimate of drug-likeness (QED) is 0.319. The van der Waals surface area contributed by atoms with E-state index >= 15 is 0 Å². The van der Waals surface area contributed by atoms with Gasteiger partial charge in [-0.15, -0.1) is 0 Å². The molecule has 0 unspecified atom stereocenters. The van der Waals surface area contributed by atoms with Crippen LogP contribution in [0.3, 0.4) is 0 Å². The van der Waals surface area contributed by atoms with Crippen LogP contribution >= 0.6 is 0 Å². The fraction of sp³-hybridized carbons (Fsp3) is 0.250. The summed E-state index contributed by atoms with van der Waals surface area (Å²) in [5.41, 5.74) is 8.03. The van der Waals surface area contributed by atoms with Gasteiger partial charge in [-0.05, 0) is 61.7 Å². The van der Waals surface area contributed by atoms with Gasteiger partial charge in [0.1, 0.15) is 5.82 Å². The van der Waals surface area contributed by atoms with Gasteiger partial charge < -0.3 is 15.6 Å². The number of carbonyl (C=O) groups is 1. The number of halogens is 1. The Hall–Kier alpha value is -4.09. The smallest absolute Gasteiger partial charge is 0.251 e. The highest BCUT2D eigenvalue weighted by Gasteiger charge is 2.29. The number of amides is 1. The highest BCUT2D eigenvalue weighted by Crippen LogP contribution is 2.29. The van der Waals surface area contributed by atoms with Crippen LogP contribution in [0, 0.1) is 5.82 Å². The summed E-state index contributed by atoms with van der Waals surface area (Å²) in [5, 5.41) is 6.93. The van der Waals surface area contributed by atoms with Crippen LogP contribution in [0.4, 0.5) is 10.1 Å². The Morgan fingerprint density at radius 2 is 1.79 bits per heavy atom. The molecule has 4 rings (SSSR count). The number of anilines is 1. The summed E-state index contributed by atoms with van der Waals surface area (Å²) < 4.78 is 44.5. The van der Waals surface area contributed by atoms with Crippen LogP contribution in [-0.4, -0.2) is 37.8 Å². The van der Waals surface area contributed by atoms with Crippen LogP contribution in [0.5, 0.6) is 0 Å². The Morgan fingerprint density at radius 1 is 1.13 bits per heavy atom. The van der Waals surface area contributed by atoms with E-state index in [1.54, 1.807) is 38.1 Å². The van der Waals surface area contributed by atoms with Gasteiger partial charge in [0, 0.05) is 18.2 Å². The predicted molar refractivity (Wildman–Crippen MR) is 147 cm³/mol. The largest absolute Gasteiger partial charge is 0.346 e. The Morgan fingerprint density at radius 3 is 2.44 bits per heavy atom. The molecule has 0 aliphatic rings. The number of benzene rings is 3. The standard InChI is InChI=1S/C28H30FN5O4S/c1-18(20-10-12-23(29)13-11-20)31-26(35)22-14-21(15-24(16-22)34(3)39(4,36)37)25-32-27(38-33-25)28(2,30)17-19-8-6-5-7-9-19/h5-16,18H,17,30H2,1-4H3,(H,31,35)/t18-,28+/m1/s1. The van der Waals surface area contributed by atoms with Crippen molar-refractivity contribution in [1.29, 1.82) is 0 Å². The Bertz CT molecular complexity index is 1570. The summed E-state index contributed by atoms with van der Waals surface area (Å²) in [7, 11) is -2.25. The molecule has 0 saturated carbocycles. The maximum absolute atomic E-state index is 13.3. The molecule has 1 amide bonds. The molecule has 39 heavy (non-hydrogen) atoms. The normalized spacial score (nSPS) is 13.9. The first kappa shape index (κ1) is 27.9. The molecule has 0 fully saturated rings. The van der Waals surface area contributed by atoms with Crippen LogP contribution in [0.25, 0.3) is 11.4 Å². The number of carbonyl (C=O) groups excluding carboxylic acids is 1. The molecule has 4 aromatic rings. The number of hydrogen-bond donors (Lipinski definition) is 2. The Kier molecular flexibility index (Phi) is 7.84. The lowest BCUT2D eigenvalue weighted by molar-refractivity contribution is 0.0940. The van der Waals surface area contributed by atoms with E-state index in [4.69, 9.17) is 10.3 Å². The van der Waals surface area contributed by atoms with Gasteiger partial charge in [-0.1, -0.05) is 47.6 Å². The molecule has 0 spiro atoms. The molecule has 11 heteroatoms.